The largest absolute Gasteiger partial charge is 0.467 e. The molecule has 5 rings (SSSR count). The van der Waals surface area contributed by atoms with Gasteiger partial charge in [-0.25, -0.2) is 9.59 Å². The average molecular weight is 754 g/mol. The lowest BCUT2D eigenvalue weighted by Gasteiger charge is -2.46. The summed E-state index contributed by atoms with van der Waals surface area (Å²) in [6.45, 7) is 6.93. The van der Waals surface area contributed by atoms with Crippen molar-refractivity contribution in [2.45, 2.75) is 109 Å². The number of amides is 1. The van der Waals surface area contributed by atoms with E-state index in [2.05, 4.69) is 5.32 Å². The zero-order valence-corrected chi connectivity index (χ0v) is 32.3. The van der Waals surface area contributed by atoms with E-state index in [-0.39, 0.29) is 13.0 Å². The van der Waals surface area contributed by atoms with E-state index in [0.717, 1.165) is 22.3 Å². The van der Waals surface area contributed by atoms with Crippen molar-refractivity contribution < 1.29 is 42.7 Å². The third-order valence-electron chi connectivity index (χ3n) is 9.14. The predicted octanol–water partition coefficient (Wildman–Crippen LogP) is 7.96. The lowest BCUT2D eigenvalue weighted by molar-refractivity contribution is -0.273. The molecule has 1 N–H and O–H groups in total. The molecule has 0 aromatic heterocycles. The fourth-order valence-corrected chi connectivity index (χ4v) is 6.48. The first kappa shape index (κ1) is 41.6. The Balaban J connectivity index is 1.42. The van der Waals surface area contributed by atoms with E-state index >= 15 is 0 Å². The maximum atomic E-state index is 12.8. The van der Waals surface area contributed by atoms with Crippen molar-refractivity contribution in [1.29, 1.82) is 0 Å². The van der Waals surface area contributed by atoms with Gasteiger partial charge in [0.25, 0.3) is 0 Å². The van der Waals surface area contributed by atoms with E-state index in [9.17, 15) is 9.59 Å². The summed E-state index contributed by atoms with van der Waals surface area (Å²) in [5, 5.41) is 2.69. The van der Waals surface area contributed by atoms with Gasteiger partial charge in [-0.1, -0.05) is 121 Å². The summed E-state index contributed by atoms with van der Waals surface area (Å²) in [5.74, 6) is -0.557. The van der Waals surface area contributed by atoms with Gasteiger partial charge in [-0.15, -0.1) is 0 Å². The second kappa shape index (κ2) is 21.5. The number of carbonyl (C=O) groups excluding carboxylic acids is 2. The molecule has 0 radical (unpaired) electrons. The highest BCUT2D eigenvalue weighted by molar-refractivity contribution is 5.81. The van der Waals surface area contributed by atoms with Gasteiger partial charge in [0.2, 0.25) is 0 Å². The van der Waals surface area contributed by atoms with Crippen LogP contribution >= 0.6 is 0 Å². The average Bonchev–Trinajstić information content (AvgIpc) is 3.19. The van der Waals surface area contributed by atoms with Crippen LogP contribution in [0, 0.1) is 0 Å². The second-order valence-corrected chi connectivity index (χ2v) is 14.7. The Bertz CT molecular complexity index is 1690. The molecule has 1 fully saturated rings. The van der Waals surface area contributed by atoms with Crippen molar-refractivity contribution in [3.63, 3.8) is 0 Å². The molecule has 1 amide bonds. The number of carbonyl (C=O) groups is 2. The van der Waals surface area contributed by atoms with Crippen LogP contribution in [0.4, 0.5) is 4.79 Å². The molecule has 1 aliphatic heterocycles. The Morgan fingerprint density at radius 1 is 0.636 bits per heavy atom. The van der Waals surface area contributed by atoms with Crippen LogP contribution in [-0.4, -0.2) is 67.9 Å². The van der Waals surface area contributed by atoms with Gasteiger partial charge in [0.05, 0.1) is 46.2 Å². The van der Waals surface area contributed by atoms with Gasteiger partial charge < -0.3 is 38.5 Å². The highest BCUT2D eigenvalue weighted by Crippen LogP contribution is 2.33. The molecule has 4 aromatic carbocycles. The summed E-state index contributed by atoms with van der Waals surface area (Å²) in [6.07, 6.45) is -2.12. The molecule has 10 nitrogen and oxygen atoms in total. The number of benzene rings is 4. The number of hydrogen-bond acceptors (Lipinski definition) is 9. The summed E-state index contributed by atoms with van der Waals surface area (Å²) in [7, 11) is 1.30. The van der Waals surface area contributed by atoms with Gasteiger partial charge in [-0.05, 0) is 62.3 Å². The minimum atomic E-state index is -0.913. The minimum absolute atomic E-state index is 0.242. The highest BCUT2D eigenvalue weighted by atomic mass is 16.6. The van der Waals surface area contributed by atoms with Gasteiger partial charge in [-0.2, -0.15) is 0 Å². The summed E-state index contributed by atoms with van der Waals surface area (Å²) >= 11 is 0. The van der Waals surface area contributed by atoms with Crippen LogP contribution in [0.25, 0.3) is 0 Å². The third kappa shape index (κ3) is 13.9. The Morgan fingerprint density at radius 3 is 1.53 bits per heavy atom. The molecule has 5 unspecified atom stereocenters. The molecule has 1 aliphatic rings. The summed E-state index contributed by atoms with van der Waals surface area (Å²) in [4.78, 5) is 25.5. The molecule has 1 heterocycles. The maximum Gasteiger partial charge on any atom is 0.408 e. The monoisotopic (exact) mass is 753 g/mol. The molecule has 55 heavy (non-hydrogen) atoms. The zero-order chi connectivity index (χ0) is 38.9. The molecule has 294 valence electrons. The third-order valence-corrected chi connectivity index (χ3v) is 9.14. The first-order valence-electron chi connectivity index (χ1n) is 19.0. The molecule has 0 spiro atoms. The van der Waals surface area contributed by atoms with Gasteiger partial charge >= 0.3 is 12.1 Å². The summed E-state index contributed by atoms with van der Waals surface area (Å²) in [6, 6.07) is 39.1. The van der Waals surface area contributed by atoms with Crippen molar-refractivity contribution in [1.82, 2.24) is 5.32 Å². The normalized spacial score (nSPS) is 20.3. The maximum absolute atomic E-state index is 12.8. The Kier molecular flexibility index (Phi) is 16.2. The molecule has 0 saturated carbocycles. The van der Waals surface area contributed by atoms with Gasteiger partial charge in [0.15, 0.2) is 0 Å². The van der Waals surface area contributed by atoms with E-state index in [1.807, 2.05) is 121 Å². The first-order chi connectivity index (χ1) is 26.7. The minimum Gasteiger partial charge on any atom is -0.467 e. The predicted molar refractivity (Wildman–Crippen MR) is 209 cm³/mol. The fraction of sp³-hybridized carbons (Fsp3) is 0.422. The van der Waals surface area contributed by atoms with Crippen LogP contribution in [0.2, 0.25) is 0 Å². The number of alkyl carbamates (subject to hydrolysis) is 1. The first-order valence-corrected chi connectivity index (χ1v) is 19.0. The molecule has 10 heteroatoms. The van der Waals surface area contributed by atoms with E-state index in [1.165, 1.54) is 7.11 Å². The Morgan fingerprint density at radius 2 is 1.07 bits per heavy atom. The van der Waals surface area contributed by atoms with E-state index in [1.54, 1.807) is 20.8 Å². The molecular weight excluding hydrogens is 698 g/mol. The molecule has 4 aromatic rings. The molecule has 6 atom stereocenters. The van der Waals surface area contributed by atoms with Crippen LogP contribution in [0.1, 0.15) is 62.3 Å². The van der Waals surface area contributed by atoms with Crippen LogP contribution in [0.5, 0.6) is 0 Å². The van der Waals surface area contributed by atoms with Crippen LogP contribution in [0.3, 0.4) is 0 Å². The van der Waals surface area contributed by atoms with Crippen molar-refractivity contribution in [2.24, 2.45) is 0 Å². The SMILES string of the molecule is COC(=O)[C@H](CCCC1OC(COCc2ccccc2)C(OCc2ccccc2)C(OCc2ccccc2)C1OCc1ccccc1)NC(=O)OC(C)(C)C. The van der Waals surface area contributed by atoms with E-state index < -0.39 is 54.2 Å². The van der Waals surface area contributed by atoms with Crippen molar-refractivity contribution >= 4 is 12.1 Å². The molecule has 0 aliphatic carbocycles. The quantitative estimate of drug-likeness (QED) is 0.0954. The van der Waals surface area contributed by atoms with Crippen LogP contribution in [0.15, 0.2) is 121 Å². The molecule has 0 bridgehead atoms. The Hall–Kier alpha value is -4.58. The number of hydrogen-bond donors (Lipinski definition) is 1. The summed E-state index contributed by atoms with van der Waals surface area (Å²) in [5.41, 5.74) is 3.35. The van der Waals surface area contributed by atoms with E-state index in [0.29, 0.717) is 39.3 Å². The van der Waals surface area contributed by atoms with Crippen LogP contribution < -0.4 is 5.32 Å². The number of ether oxygens (including phenoxy) is 7. The number of rotatable bonds is 19. The second-order valence-electron chi connectivity index (χ2n) is 14.7. The van der Waals surface area contributed by atoms with Crippen molar-refractivity contribution in [2.75, 3.05) is 13.7 Å². The van der Waals surface area contributed by atoms with E-state index in [4.69, 9.17) is 33.2 Å². The standard InChI is InChI=1S/C45H55NO9/c1-45(2,3)55-44(48)46-37(43(47)49-4)26-17-27-38-40(51-29-34-20-11-6-12-21-34)42(53-31-36-24-15-8-16-25-36)41(52-30-35-22-13-7-14-23-35)39(54-38)32-50-28-33-18-9-5-10-19-33/h5-16,18-25,37-42H,17,26-32H2,1-4H3,(H,46,48)/t37-,38?,39?,40?,41?,42?/m0/s1. The van der Waals surface area contributed by atoms with Gasteiger partial charge in [0.1, 0.15) is 36.1 Å². The van der Waals surface area contributed by atoms with Crippen molar-refractivity contribution in [3.05, 3.63) is 144 Å². The lowest BCUT2D eigenvalue weighted by atomic mass is 9.91. The Labute approximate surface area is 325 Å². The van der Waals surface area contributed by atoms with Crippen molar-refractivity contribution in [3.8, 4) is 0 Å². The topological polar surface area (TPSA) is 111 Å². The zero-order valence-electron chi connectivity index (χ0n) is 32.3. The van der Waals surface area contributed by atoms with Gasteiger partial charge in [0, 0.05) is 0 Å². The lowest BCUT2D eigenvalue weighted by Crippen LogP contribution is -2.61. The number of esters is 1. The summed E-state index contributed by atoms with van der Waals surface area (Å²) < 4.78 is 44.1. The van der Waals surface area contributed by atoms with Crippen LogP contribution in [-0.2, 0) is 64.4 Å². The molecular formula is C45H55NO9. The molecule has 1 saturated heterocycles. The fourth-order valence-electron chi connectivity index (χ4n) is 6.48. The highest BCUT2D eigenvalue weighted by Gasteiger charge is 2.48. The van der Waals surface area contributed by atoms with Gasteiger partial charge in [-0.3, -0.25) is 0 Å². The smallest absolute Gasteiger partial charge is 0.408 e. The number of methoxy groups -OCH3 is 1. The number of nitrogens with one attached hydrogen (secondary N) is 1.